The van der Waals surface area contributed by atoms with E-state index in [1.165, 1.54) is 141 Å². The highest BCUT2D eigenvalue weighted by Crippen LogP contribution is 2.27. The van der Waals surface area contributed by atoms with Crippen LogP contribution in [-0.2, 0) is 4.74 Å². The minimum atomic E-state index is 0.635. The molecule has 0 amide bonds. The minimum absolute atomic E-state index is 0.635. The van der Waals surface area contributed by atoms with Gasteiger partial charge in [-0.2, -0.15) is 0 Å². The smallest absolute Gasteiger partial charge is 0.0531 e. The molecule has 1 nitrogen and oxygen atoms in total. The maximum atomic E-state index is 6.51. The SMILES string of the molecule is CCC(COCC(CC)C1=CCCCCCCCCCC1)C1=CCCCCCCCCCC1. The van der Waals surface area contributed by atoms with Crippen molar-refractivity contribution < 1.29 is 4.74 Å². The lowest BCUT2D eigenvalue weighted by atomic mass is 9.89. The summed E-state index contributed by atoms with van der Waals surface area (Å²) in [4.78, 5) is 0. The zero-order valence-corrected chi connectivity index (χ0v) is 22.7. The van der Waals surface area contributed by atoms with Gasteiger partial charge in [0.05, 0.1) is 13.2 Å². The van der Waals surface area contributed by atoms with E-state index in [1.807, 2.05) is 0 Å². The fraction of sp³-hybridized carbons (Fsp3) is 0.875. The molecule has 2 aliphatic carbocycles. The lowest BCUT2D eigenvalue weighted by Gasteiger charge is -2.24. The van der Waals surface area contributed by atoms with E-state index in [2.05, 4.69) is 26.0 Å². The van der Waals surface area contributed by atoms with Crippen molar-refractivity contribution >= 4 is 0 Å². The van der Waals surface area contributed by atoms with Crippen molar-refractivity contribution in [2.75, 3.05) is 13.2 Å². The molecule has 0 saturated heterocycles. The van der Waals surface area contributed by atoms with Gasteiger partial charge in [0, 0.05) is 11.8 Å². The fourth-order valence-electron chi connectivity index (χ4n) is 5.92. The number of ether oxygens (including phenoxy) is 1. The molecule has 2 rings (SSSR count). The third-order valence-corrected chi connectivity index (χ3v) is 8.32. The van der Waals surface area contributed by atoms with Crippen molar-refractivity contribution in [2.45, 2.75) is 155 Å². The normalized spacial score (nSPS) is 23.0. The number of rotatable bonds is 8. The van der Waals surface area contributed by atoms with Gasteiger partial charge in [0.25, 0.3) is 0 Å². The van der Waals surface area contributed by atoms with Gasteiger partial charge in [-0.05, 0) is 64.2 Å². The van der Waals surface area contributed by atoms with Crippen LogP contribution in [-0.4, -0.2) is 13.2 Å². The molecule has 0 bridgehead atoms. The Morgan fingerprint density at radius 2 is 0.848 bits per heavy atom. The third kappa shape index (κ3) is 13.2. The van der Waals surface area contributed by atoms with Gasteiger partial charge in [-0.15, -0.1) is 0 Å². The highest BCUT2D eigenvalue weighted by atomic mass is 16.5. The summed E-state index contributed by atoms with van der Waals surface area (Å²) in [7, 11) is 0. The van der Waals surface area contributed by atoms with Crippen LogP contribution in [0.1, 0.15) is 155 Å². The van der Waals surface area contributed by atoms with Crippen molar-refractivity contribution in [2.24, 2.45) is 11.8 Å². The lowest BCUT2D eigenvalue weighted by molar-refractivity contribution is 0.0840. The Labute approximate surface area is 208 Å². The number of allylic oxidation sites excluding steroid dienone is 2. The van der Waals surface area contributed by atoms with Crippen molar-refractivity contribution in [1.29, 1.82) is 0 Å². The van der Waals surface area contributed by atoms with Crippen LogP contribution in [0.25, 0.3) is 0 Å². The molecule has 0 heterocycles. The first-order valence-electron chi connectivity index (χ1n) is 15.3. The van der Waals surface area contributed by atoms with Crippen molar-refractivity contribution in [1.82, 2.24) is 0 Å². The Hall–Kier alpha value is -0.560. The largest absolute Gasteiger partial charge is 0.380 e. The summed E-state index contributed by atoms with van der Waals surface area (Å²) in [6.07, 6.45) is 35.7. The average Bonchev–Trinajstić information content (AvgIpc) is 2.81. The maximum Gasteiger partial charge on any atom is 0.0531 e. The zero-order valence-electron chi connectivity index (χ0n) is 22.7. The van der Waals surface area contributed by atoms with Gasteiger partial charge >= 0.3 is 0 Å². The van der Waals surface area contributed by atoms with E-state index in [0.717, 1.165) is 13.2 Å². The molecule has 1 heteroatoms. The highest BCUT2D eigenvalue weighted by Gasteiger charge is 2.17. The van der Waals surface area contributed by atoms with E-state index in [1.54, 1.807) is 11.1 Å². The second-order valence-corrected chi connectivity index (χ2v) is 11.0. The molecule has 2 aliphatic rings. The van der Waals surface area contributed by atoms with Crippen molar-refractivity contribution in [3.05, 3.63) is 23.3 Å². The molecule has 0 aliphatic heterocycles. The highest BCUT2D eigenvalue weighted by molar-refractivity contribution is 5.08. The number of hydrogen-bond acceptors (Lipinski definition) is 1. The van der Waals surface area contributed by atoms with Crippen LogP contribution in [0.3, 0.4) is 0 Å². The molecule has 0 radical (unpaired) electrons. The fourth-order valence-corrected chi connectivity index (χ4v) is 5.92. The van der Waals surface area contributed by atoms with Gasteiger partial charge in [-0.25, -0.2) is 0 Å². The van der Waals surface area contributed by atoms with Crippen LogP contribution in [0.5, 0.6) is 0 Å². The Morgan fingerprint density at radius 3 is 1.21 bits per heavy atom. The van der Waals surface area contributed by atoms with Crippen LogP contribution in [0.2, 0.25) is 0 Å². The molecule has 0 aromatic heterocycles. The summed E-state index contributed by atoms with van der Waals surface area (Å²) in [5.41, 5.74) is 3.44. The molecule has 0 aromatic rings. The standard InChI is InChI=1S/C32H58O/c1-3-29(31-23-19-15-11-7-5-8-12-16-20-24-31)27-33-28-30(4-2)32-25-21-17-13-9-6-10-14-18-22-26-32/h23,25,29-30H,3-22,24,26-28H2,1-2H3. The van der Waals surface area contributed by atoms with E-state index >= 15 is 0 Å². The van der Waals surface area contributed by atoms with E-state index in [0.29, 0.717) is 11.8 Å². The van der Waals surface area contributed by atoms with E-state index in [4.69, 9.17) is 4.74 Å². The molecule has 0 saturated carbocycles. The average molecular weight is 459 g/mol. The van der Waals surface area contributed by atoms with Gasteiger partial charge in [0.15, 0.2) is 0 Å². The Balaban J connectivity index is 1.87. The zero-order chi connectivity index (χ0) is 23.4. The molecule has 2 atom stereocenters. The molecule has 0 aromatic carbocycles. The summed E-state index contributed by atoms with van der Waals surface area (Å²) in [6.45, 7) is 6.62. The molecule has 2 unspecified atom stereocenters. The lowest BCUT2D eigenvalue weighted by Crippen LogP contribution is -2.18. The van der Waals surface area contributed by atoms with E-state index in [9.17, 15) is 0 Å². The summed E-state index contributed by atoms with van der Waals surface area (Å²) in [5.74, 6) is 1.27. The predicted octanol–water partition coefficient (Wildman–Crippen LogP) is 10.7. The van der Waals surface area contributed by atoms with Crippen LogP contribution < -0.4 is 0 Å². The van der Waals surface area contributed by atoms with Gasteiger partial charge in [-0.1, -0.05) is 114 Å². The van der Waals surface area contributed by atoms with Crippen molar-refractivity contribution in [3.8, 4) is 0 Å². The van der Waals surface area contributed by atoms with Crippen LogP contribution in [0, 0.1) is 11.8 Å². The van der Waals surface area contributed by atoms with E-state index < -0.39 is 0 Å². The predicted molar refractivity (Wildman–Crippen MR) is 147 cm³/mol. The molecule has 0 fully saturated rings. The van der Waals surface area contributed by atoms with Gasteiger partial charge < -0.3 is 4.74 Å². The third-order valence-electron chi connectivity index (χ3n) is 8.32. The van der Waals surface area contributed by atoms with Crippen molar-refractivity contribution in [3.63, 3.8) is 0 Å². The summed E-state index contributed by atoms with van der Waals surface area (Å²) in [6, 6.07) is 0. The van der Waals surface area contributed by atoms with Crippen LogP contribution >= 0.6 is 0 Å². The summed E-state index contributed by atoms with van der Waals surface area (Å²) >= 11 is 0. The first-order chi connectivity index (χ1) is 16.3. The summed E-state index contributed by atoms with van der Waals surface area (Å²) in [5, 5.41) is 0. The topological polar surface area (TPSA) is 9.23 Å². The Bertz CT molecular complexity index is 471. The quantitative estimate of drug-likeness (QED) is 0.328. The monoisotopic (exact) mass is 458 g/mol. The molecule has 0 spiro atoms. The molecular formula is C32H58O. The molecule has 0 N–H and O–H groups in total. The van der Waals surface area contributed by atoms with Gasteiger partial charge in [0.2, 0.25) is 0 Å². The maximum absolute atomic E-state index is 6.51. The van der Waals surface area contributed by atoms with Gasteiger partial charge in [0.1, 0.15) is 0 Å². The minimum Gasteiger partial charge on any atom is -0.380 e. The van der Waals surface area contributed by atoms with Gasteiger partial charge in [-0.3, -0.25) is 0 Å². The molecular weight excluding hydrogens is 400 g/mol. The Morgan fingerprint density at radius 1 is 0.515 bits per heavy atom. The second-order valence-electron chi connectivity index (χ2n) is 11.0. The van der Waals surface area contributed by atoms with Crippen LogP contribution in [0.15, 0.2) is 23.3 Å². The Kier molecular flexibility index (Phi) is 17.1. The van der Waals surface area contributed by atoms with E-state index in [-0.39, 0.29) is 0 Å². The van der Waals surface area contributed by atoms with Crippen LogP contribution in [0.4, 0.5) is 0 Å². The number of hydrogen-bond donors (Lipinski definition) is 0. The first kappa shape index (κ1) is 28.7. The first-order valence-corrected chi connectivity index (χ1v) is 15.3. The molecule has 33 heavy (non-hydrogen) atoms. The second kappa shape index (κ2) is 19.7. The molecule has 192 valence electrons. The summed E-state index contributed by atoms with van der Waals surface area (Å²) < 4.78 is 6.51.